The Balaban J connectivity index is 1.78. The maximum Gasteiger partial charge on any atom is 0.197 e. The normalized spacial score (nSPS) is 14.3. The van der Waals surface area contributed by atoms with Crippen molar-refractivity contribution in [2.24, 2.45) is 5.41 Å². The maximum atomic E-state index is 4.44. The summed E-state index contributed by atoms with van der Waals surface area (Å²) in [7, 11) is 0. The van der Waals surface area contributed by atoms with E-state index in [2.05, 4.69) is 121 Å². The third-order valence-corrected chi connectivity index (χ3v) is 8.16. The van der Waals surface area contributed by atoms with Gasteiger partial charge in [-0.25, -0.2) is 0 Å². The topological polar surface area (TPSA) is 3.01 Å². The van der Waals surface area contributed by atoms with Crippen molar-refractivity contribution in [3.63, 3.8) is 0 Å². The van der Waals surface area contributed by atoms with Crippen LogP contribution in [-0.4, -0.2) is 11.3 Å². The third-order valence-electron chi connectivity index (χ3n) is 6.86. The van der Waals surface area contributed by atoms with Gasteiger partial charge in [-0.1, -0.05) is 95.3 Å². The van der Waals surface area contributed by atoms with Crippen LogP contribution in [0.2, 0.25) is 0 Å². The zero-order valence-corrected chi connectivity index (χ0v) is 22.4. The summed E-state index contributed by atoms with van der Waals surface area (Å²) in [6, 6.07) is 19.3. The van der Waals surface area contributed by atoms with E-state index >= 15 is 0 Å². The highest BCUT2D eigenvalue weighted by molar-refractivity contribution is 7.20. The SMILES string of the molecule is C=[N+]1C=Cc2c([s+][c-]3c(CC(C)(C)C)cccc23)[C-]1c1cc(C(C)(C)C)c2ccccc2c1C. The molecule has 0 unspecified atom stereocenters. The minimum atomic E-state index is 0.0436. The Hall–Kier alpha value is -2.84. The summed E-state index contributed by atoms with van der Waals surface area (Å²) in [5.41, 5.74) is 7.05. The van der Waals surface area contributed by atoms with E-state index in [-0.39, 0.29) is 10.8 Å². The van der Waals surface area contributed by atoms with Crippen LogP contribution >= 0.6 is 11.3 Å². The van der Waals surface area contributed by atoms with Crippen LogP contribution in [0.25, 0.3) is 26.9 Å². The standard InChI is InChI=1S/C32H35NS/c1-20-22-13-9-10-14-23(22)27(32(5,6)7)18-26(20)28-30-25(16-17-33(28)8)24-15-11-12-21(29(24)34-30)19-31(2,3)4/h9-18H,8,19H2,1-7H3. The van der Waals surface area contributed by atoms with E-state index in [9.17, 15) is 0 Å². The summed E-state index contributed by atoms with van der Waals surface area (Å²) in [5, 5.41) is 4.04. The Morgan fingerprint density at radius 3 is 2.32 bits per heavy atom. The highest BCUT2D eigenvalue weighted by Crippen LogP contribution is 2.46. The molecule has 0 fully saturated rings. The highest BCUT2D eigenvalue weighted by atomic mass is 32.1. The Labute approximate surface area is 208 Å². The van der Waals surface area contributed by atoms with Crippen molar-refractivity contribution in [2.75, 3.05) is 0 Å². The minimum absolute atomic E-state index is 0.0436. The molecule has 0 atom stereocenters. The van der Waals surface area contributed by atoms with Crippen molar-refractivity contribution in [1.82, 2.24) is 0 Å². The molecule has 1 aromatic heterocycles. The predicted octanol–water partition coefficient (Wildman–Crippen LogP) is 8.87. The molecule has 0 amide bonds. The van der Waals surface area contributed by atoms with Gasteiger partial charge >= 0.3 is 0 Å². The first kappa shape index (κ1) is 22.9. The summed E-state index contributed by atoms with van der Waals surface area (Å²) >= 11 is 1.93. The summed E-state index contributed by atoms with van der Waals surface area (Å²) < 4.78 is 3.49. The molecule has 1 nitrogen and oxygen atoms in total. The quantitative estimate of drug-likeness (QED) is 0.158. The van der Waals surface area contributed by atoms with Crippen LogP contribution in [0.3, 0.4) is 0 Å². The molecule has 0 radical (unpaired) electrons. The number of nitrogens with zero attached hydrogens (tertiary/aromatic N) is 1. The van der Waals surface area contributed by atoms with Gasteiger partial charge in [-0.3, -0.25) is 4.58 Å². The summed E-state index contributed by atoms with van der Waals surface area (Å²) in [5.74, 6) is 0. The van der Waals surface area contributed by atoms with Crippen LogP contribution in [-0.2, 0) is 11.8 Å². The Kier molecular flexibility index (Phi) is 5.29. The monoisotopic (exact) mass is 465 g/mol. The smallest absolute Gasteiger partial charge is 0.197 e. The van der Waals surface area contributed by atoms with Crippen molar-refractivity contribution in [3.05, 3.63) is 93.5 Å². The second kappa shape index (κ2) is 7.85. The summed E-state index contributed by atoms with van der Waals surface area (Å²) in [6.07, 6.45) is 5.44. The second-order valence-corrected chi connectivity index (χ2v) is 12.9. The van der Waals surface area contributed by atoms with Gasteiger partial charge in [0.15, 0.2) is 15.6 Å². The molecule has 0 saturated heterocycles. The number of hydrogen-bond donors (Lipinski definition) is 0. The van der Waals surface area contributed by atoms with Crippen molar-refractivity contribution in [3.8, 4) is 0 Å². The molecule has 174 valence electrons. The Morgan fingerprint density at radius 1 is 0.941 bits per heavy atom. The number of fused-ring (bicyclic) bond motifs is 4. The third kappa shape index (κ3) is 3.79. The first-order valence-corrected chi connectivity index (χ1v) is 13.0. The number of aryl methyl sites for hydroxylation is 1. The van der Waals surface area contributed by atoms with Crippen LogP contribution in [0.4, 0.5) is 0 Å². The fourth-order valence-electron chi connectivity index (χ4n) is 5.28. The maximum absolute atomic E-state index is 4.44. The minimum Gasteiger partial charge on any atom is -0.257 e. The van der Waals surface area contributed by atoms with E-state index < -0.39 is 0 Å². The molecule has 0 aliphatic carbocycles. The number of rotatable bonds is 2. The van der Waals surface area contributed by atoms with Crippen molar-refractivity contribution in [2.45, 2.75) is 60.3 Å². The molecule has 2 heteroatoms. The Morgan fingerprint density at radius 2 is 1.65 bits per heavy atom. The van der Waals surface area contributed by atoms with E-state index in [1.54, 1.807) is 0 Å². The molecular weight excluding hydrogens is 430 g/mol. The molecule has 1 aliphatic rings. The summed E-state index contributed by atoms with van der Waals surface area (Å²) in [4.78, 5) is 1.33. The molecule has 0 bridgehead atoms. The first-order chi connectivity index (χ1) is 16.0. The van der Waals surface area contributed by atoms with Crippen molar-refractivity contribution < 1.29 is 4.58 Å². The molecule has 0 N–H and O–H groups in total. The molecule has 34 heavy (non-hydrogen) atoms. The van der Waals surface area contributed by atoms with E-state index in [4.69, 9.17) is 0 Å². The van der Waals surface area contributed by atoms with Gasteiger partial charge in [0.05, 0.1) is 6.72 Å². The largest absolute Gasteiger partial charge is 0.257 e. The molecule has 4 aromatic rings. The van der Waals surface area contributed by atoms with Crippen LogP contribution in [0.15, 0.2) is 54.7 Å². The van der Waals surface area contributed by atoms with Gasteiger partial charge in [0.2, 0.25) is 0 Å². The molecule has 1 aliphatic heterocycles. The number of thiophene rings is 1. The molecule has 2 heterocycles. The van der Waals surface area contributed by atoms with E-state index in [1.807, 2.05) is 11.3 Å². The van der Waals surface area contributed by atoms with Gasteiger partial charge in [-0.2, -0.15) is 0 Å². The lowest BCUT2D eigenvalue weighted by molar-refractivity contribution is -0.417. The highest BCUT2D eigenvalue weighted by Gasteiger charge is 2.35. The fraction of sp³-hybridized carbons (Fsp3) is 0.312. The van der Waals surface area contributed by atoms with Crippen LogP contribution < -0.4 is 0 Å². The molecule has 3 aromatic carbocycles. The molecular formula is C32H35NS. The Bertz CT molecular complexity index is 1470. The fourth-order valence-corrected chi connectivity index (χ4v) is 6.66. The van der Waals surface area contributed by atoms with Gasteiger partial charge in [-0.05, 0) is 50.8 Å². The van der Waals surface area contributed by atoms with E-state index in [0.717, 1.165) is 6.42 Å². The van der Waals surface area contributed by atoms with Crippen LogP contribution in [0, 0.1) is 18.4 Å². The molecule has 0 saturated carbocycles. The van der Waals surface area contributed by atoms with Gasteiger partial charge in [0.25, 0.3) is 0 Å². The number of hydrogen-bond acceptors (Lipinski definition) is 0. The number of benzene rings is 3. The second-order valence-electron chi connectivity index (χ2n) is 11.9. The zero-order valence-electron chi connectivity index (χ0n) is 21.5. The molecule has 0 spiro atoms. The lowest BCUT2D eigenvalue weighted by Crippen LogP contribution is -2.20. The lowest BCUT2D eigenvalue weighted by Gasteiger charge is -2.28. The molecule has 5 rings (SSSR count). The van der Waals surface area contributed by atoms with E-state index in [1.165, 1.54) is 59.6 Å². The van der Waals surface area contributed by atoms with Gasteiger partial charge in [0.1, 0.15) is 17.5 Å². The average molecular weight is 466 g/mol. The van der Waals surface area contributed by atoms with Gasteiger partial charge in [-0.15, -0.1) is 18.2 Å². The van der Waals surface area contributed by atoms with Gasteiger partial charge < -0.3 is 0 Å². The average Bonchev–Trinajstić information content (AvgIpc) is 3.12. The van der Waals surface area contributed by atoms with Gasteiger partial charge in [0, 0.05) is 0 Å². The zero-order chi connectivity index (χ0) is 24.4. The first-order valence-electron chi connectivity index (χ1n) is 12.2. The van der Waals surface area contributed by atoms with Crippen molar-refractivity contribution in [1.29, 1.82) is 0 Å². The van der Waals surface area contributed by atoms with Crippen molar-refractivity contribution >= 4 is 45.0 Å². The summed E-state index contributed by atoms with van der Waals surface area (Å²) in [6.45, 7) is 20.6. The van der Waals surface area contributed by atoms with Crippen LogP contribution in [0.1, 0.15) is 74.2 Å². The lowest BCUT2D eigenvalue weighted by atomic mass is 9.79. The van der Waals surface area contributed by atoms with E-state index in [0.29, 0.717) is 0 Å². The van der Waals surface area contributed by atoms with Crippen LogP contribution in [0.5, 0.6) is 0 Å². The predicted molar refractivity (Wildman–Crippen MR) is 150 cm³/mol.